The first-order valence-corrected chi connectivity index (χ1v) is 6.84. The second-order valence-corrected chi connectivity index (χ2v) is 5.60. The van der Waals surface area contributed by atoms with Gasteiger partial charge < -0.3 is 20.9 Å². The zero-order valence-electron chi connectivity index (χ0n) is 11.9. The number of rotatable bonds is 5. The highest BCUT2D eigenvalue weighted by molar-refractivity contribution is 5.84. The van der Waals surface area contributed by atoms with Gasteiger partial charge in [-0.2, -0.15) is 0 Å². The van der Waals surface area contributed by atoms with Crippen LogP contribution in [-0.2, 0) is 20.7 Å². The van der Waals surface area contributed by atoms with Crippen molar-refractivity contribution < 1.29 is 19.4 Å². The molecule has 3 atom stereocenters. The summed E-state index contributed by atoms with van der Waals surface area (Å²) in [6.07, 6.45) is 0.407. The Balaban J connectivity index is 1.96. The number of amides is 1. The molecule has 21 heavy (non-hydrogen) atoms. The number of carboxylic acids is 1. The standard InChI is InChI=1S/C15H20N2O4/c1-15(14(19)20)9-21-8-12(15)17-13(18)11(16)7-10-5-3-2-4-6-10/h2-6,11-12H,7-9,16H2,1H3,(H,17,18)(H,19,20)/t11-,12?,15?/m0/s1. The average molecular weight is 292 g/mol. The van der Waals surface area contributed by atoms with E-state index in [1.807, 2.05) is 30.3 Å². The van der Waals surface area contributed by atoms with Gasteiger partial charge in [0.25, 0.3) is 0 Å². The van der Waals surface area contributed by atoms with Crippen LogP contribution >= 0.6 is 0 Å². The topological polar surface area (TPSA) is 102 Å². The Hall–Kier alpha value is -1.92. The largest absolute Gasteiger partial charge is 0.481 e. The molecule has 1 aliphatic rings. The van der Waals surface area contributed by atoms with Gasteiger partial charge in [-0.1, -0.05) is 30.3 Å². The number of carbonyl (C=O) groups is 2. The lowest BCUT2D eigenvalue weighted by Gasteiger charge is -2.26. The lowest BCUT2D eigenvalue weighted by atomic mass is 9.85. The van der Waals surface area contributed by atoms with Crippen LogP contribution in [0.15, 0.2) is 30.3 Å². The Bertz CT molecular complexity index is 520. The molecule has 1 aromatic rings. The Morgan fingerprint density at radius 1 is 1.48 bits per heavy atom. The van der Waals surface area contributed by atoms with Crippen molar-refractivity contribution in [3.63, 3.8) is 0 Å². The van der Waals surface area contributed by atoms with E-state index < -0.39 is 23.5 Å². The molecule has 114 valence electrons. The van der Waals surface area contributed by atoms with Gasteiger partial charge in [-0.15, -0.1) is 0 Å². The van der Waals surface area contributed by atoms with Gasteiger partial charge in [0.2, 0.25) is 5.91 Å². The molecule has 0 aliphatic carbocycles. The Morgan fingerprint density at radius 3 is 2.76 bits per heavy atom. The number of carbonyl (C=O) groups excluding carboxylic acids is 1. The lowest BCUT2D eigenvalue weighted by molar-refractivity contribution is -0.149. The summed E-state index contributed by atoms with van der Waals surface area (Å²) in [6.45, 7) is 1.84. The number of ether oxygens (including phenoxy) is 1. The van der Waals surface area contributed by atoms with Crippen LogP contribution in [-0.4, -0.2) is 42.3 Å². The third kappa shape index (κ3) is 3.40. The molecule has 0 saturated carbocycles. The zero-order chi connectivity index (χ0) is 15.5. The number of aliphatic carboxylic acids is 1. The molecule has 0 radical (unpaired) electrons. The van der Waals surface area contributed by atoms with Crippen LogP contribution in [0, 0.1) is 5.41 Å². The van der Waals surface area contributed by atoms with Crippen molar-refractivity contribution in [3.8, 4) is 0 Å². The van der Waals surface area contributed by atoms with E-state index in [2.05, 4.69) is 5.32 Å². The van der Waals surface area contributed by atoms with Crippen molar-refractivity contribution in [1.82, 2.24) is 5.32 Å². The van der Waals surface area contributed by atoms with Crippen molar-refractivity contribution >= 4 is 11.9 Å². The summed E-state index contributed by atoms with van der Waals surface area (Å²) in [5.41, 5.74) is 5.74. The van der Waals surface area contributed by atoms with Crippen LogP contribution in [0.2, 0.25) is 0 Å². The Labute approximate surface area is 123 Å². The van der Waals surface area contributed by atoms with Crippen molar-refractivity contribution in [2.24, 2.45) is 11.1 Å². The number of carboxylic acid groups (broad SMARTS) is 1. The van der Waals surface area contributed by atoms with Crippen molar-refractivity contribution in [3.05, 3.63) is 35.9 Å². The molecular weight excluding hydrogens is 272 g/mol. The predicted molar refractivity (Wildman–Crippen MR) is 76.6 cm³/mol. The third-order valence-electron chi connectivity index (χ3n) is 3.90. The minimum absolute atomic E-state index is 0.0845. The first-order valence-electron chi connectivity index (χ1n) is 6.84. The summed E-state index contributed by atoms with van der Waals surface area (Å²) in [5.74, 6) is -1.34. The summed E-state index contributed by atoms with van der Waals surface area (Å²) < 4.78 is 5.20. The van der Waals surface area contributed by atoms with E-state index in [0.717, 1.165) is 5.56 Å². The highest BCUT2D eigenvalue weighted by Crippen LogP contribution is 2.28. The molecule has 1 heterocycles. The normalized spacial score (nSPS) is 26.3. The number of benzene rings is 1. The number of hydrogen-bond acceptors (Lipinski definition) is 4. The van der Waals surface area contributed by atoms with Gasteiger partial charge in [0.05, 0.1) is 25.3 Å². The maximum atomic E-state index is 12.1. The molecule has 0 spiro atoms. The van der Waals surface area contributed by atoms with Gasteiger partial charge in [-0.3, -0.25) is 9.59 Å². The second kappa shape index (κ2) is 6.24. The van der Waals surface area contributed by atoms with Gasteiger partial charge in [0, 0.05) is 0 Å². The third-order valence-corrected chi connectivity index (χ3v) is 3.90. The summed E-state index contributed by atoms with van der Waals surface area (Å²) in [5, 5.41) is 12.0. The fourth-order valence-electron chi connectivity index (χ4n) is 2.32. The predicted octanol–water partition coefficient (Wildman–Crippen LogP) is 0.162. The van der Waals surface area contributed by atoms with E-state index >= 15 is 0 Å². The maximum absolute atomic E-state index is 12.1. The van der Waals surface area contributed by atoms with E-state index in [1.165, 1.54) is 0 Å². The quantitative estimate of drug-likeness (QED) is 0.717. The molecule has 4 N–H and O–H groups in total. The summed E-state index contributed by atoms with van der Waals surface area (Å²) in [4.78, 5) is 23.4. The smallest absolute Gasteiger partial charge is 0.313 e. The van der Waals surface area contributed by atoms with Crippen LogP contribution in [0.3, 0.4) is 0 Å². The van der Waals surface area contributed by atoms with E-state index in [-0.39, 0.29) is 19.1 Å². The van der Waals surface area contributed by atoms with E-state index in [0.29, 0.717) is 6.42 Å². The first-order chi connectivity index (χ1) is 9.93. The second-order valence-electron chi connectivity index (χ2n) is 5.60. The molecule has 1 aliphatic heterocycles. The van der Waals surface area contributed by atoms with Crippen molar-refractivity contribution in [1.29, 1.82) is 0 Å². The van der Waals surface area contributed by atoms with Crippen LogP contribution in [0.25, 0.3) is 0 Å². The highest BCUT2D eigenvalue weighted by atomic mass is 16.5. The van der Waals surface area contributed by atoms with Crippen molar-refractivity contribution in [2.75, 3.05) is 13.2 Å². The number of nitrogens with two attached hydrogens (primary N) is 1. The summed E-state index contributed by atoms with van der Waals surface area (Å²) >= 11 is 0. The number of hydrogen-bond donors (Lipinski definition) is 3. The van der Waals surface area contributed by atoms with Crippen LogP contribution in [0.1, 0.15) is 12.5 Å². The molecule has 2 rings (SSSR count). The molecule has 0 aromatic heterocycles. The van der Waals surface area contributed by atoms with Crippen LogP contribution < -0.4 is 11.1 Å². The molecule has 6 heteroatoms. The monoisotopic (exact) mass is 292 g/mol. The fraction of sp³-hybridized carbons (Fsp3) is 0.467. The minimum atomic E-state index is -1.11. The number of nitrogens with one attached hydrogen (secondary N) is 1. The molecule has 0 bridgehead atoms. The van der Waals surface area contributed by atoms with Gasteiger partial charge in [-0.05, 0) is 18.9 Å². The molecule has 1 amide bonds. The molecule has 1 saturated heterocycles. The van der Waals surface area contributed by atoms with Gasteiger partial charge in [0.1, 0.15) is 5.41 Å². The molecular formula is C15H20N2O4. The fourth-order valence-corrected chi connectivity index (χ4v) is 2.32. The Morgan fingerprint density at radius 2 is 2.14 bits per heavy atom. The average Bonchev–Trinajstić information content (AvgIpc) is 2.82. The van der Waals surface area contributed by atoms with Gasteiger partial charge >= 0.3 is 5.97 Å². The Kier molecular flexibility index (Phi) is 4.59. The van der Waals surface area contributed by atoms with E-state index in [9.17, 15) is 14.7 Å². The first kappa shape index (κ1) is 15.5. The zero-order valence-corrected chi connectivity index (χ0v) is 11.9. The van der Waals surface area contributed by atoms with E-state index in [4.69, 9.17) is 10.5 Å². The van der Waals surface area contributed by atoms with Crippen LogP contribution in [0.4, 0.5) is 0 Å². The minimum Gasteiger partial charge on any atom is -0.481 e. The molecule has 1 fully saturated rings. The van der Waals surface area contributed by atoms with E-state index in [1.54, 1.807) is 6.92 Å². The summed E-state index contributed by atoms with van der Waals surface area (Å²) in [6, 6.07) is 8.16. The van der Waals surface area contributed by atoms with Crippen LogP contribution in [0.5, 0.6) is 0 Å². The van der Waals surface area contributed by atoms with Gasteiger partial charge in [0.15, 0.2) is 0 Å². The maximum Gasteiger partial charge on any atom is 0.313 e. The lowest BCUT2D eigenvalue weighted by Crippen LogP contribution is -2.54. The highest BCUT2D eigenvalue weighted by Gasteiger charge is 2.47. The summed E-state index contributed by atoms with van der Waals surface area (Å²) in [7, 11) is 0. The molecule has 6 nitrogen and oxygen atoms in total. The van der Waals surface area contributed by atoms with Gasteiger partial charge in [-0.25, -0.2) is 0 Å². The van der Waals surface area contributed by atoms with Crippen molar-refractivity contribution in [2.45, 2.75) is 25.4 Å². The SMILES string of the molecule is CC1(C(=O)O)COCC1NC(=O)[C@@H](N)Cc1ccccc1. The molecule has 2 unspecified atom stereocenters. The molecule has 1 aromatic carbocycles.